The van der Waals surface area contributed by atoms with Gasteiger partial charge in [-0.15, -0.1) is 0 Å². The number of nitrogens with one attached hydrogen (secondary N) is 1. The lowest BCUT2D eigenvalue weighted by molar-refractivity contribution is -0.122. The molecule has 4 rings (SSSR count). The molecular weight excluding hydrogens is 434 g/mol. The molecule has 0 unspecified atom stereocenters. The number of ether oxygens (including phenoxy) is 2. The molecule has 1 aromatic heterocycles. The Morgan fingerprint density at radius 1 is 1.00 bits per heavy atom. The minimum absolute atomic E-state index is 0.142. The number of amides is 4. The van der Waals surface area contributed by atoms with E-state index < -0.39 is 17.8 Å². The monoisotopic (exact) mass is 459 g/mol. The number of anilines is 1. The number of nitrogens with zero attached hydrogens (tertiary/aromatic N) is 2. The third-order valence-corrected chi connectivity index (χ3v) is 5.59. The first-order valence-corrected chi connectivity index (χ1v) is 10.8. The molecule has 0 bridgehead atoms. The van der Waals surface area contributed by atoms with Crippen molar-refractivity contribution in [3.63, 3.8) is 0 Å². The van der Waals surface area contributed by atoms with Gasteiger partial charge in [0.2, 0.25) is 0 Å². The number of rotatable bonds is 6. The summed E-state index contributed by atoms with van der Waals surface area (Å²) in [6.45, 7) is 6.00. The number of imide groups is 2. The topological polar surface area (TPSA) is 89.9 Å². The smallest absolute Gasteiger partial charge is 0.336 e. The van der Waals surface area contributed by atoms with E-state index in [0.717, 1.165) is 22.0 Å². The molecule has 0 saturated carbocycles. The van der Waals surface area contributed by atoms with Crippen molar-refractivity contribution in [2.24, 2.45) is 0 Å². The van der Waals surface area contributed by atoms with Crippen molar-refractivity contribution in [1.82, 2.24) is 9.88 Å². The predicted octanol–water partition coefficient (Wildman–Crippen LogP) is 4.17. The van der Waals surface area contributed by atoms with Gasteiger partial charge < -0.3 is 14.0 Å². The van der Waals surface area contributed by atoms with E-state index in [1.54, 1.807) is 31.4 Å². The van der Waals surface area contributed by atoms with E-state index >= 15 is 0 Å². The fourth-order valence-electron chi connectivity index (χ4n) is 4.03. The van der Waals surface area contributed by atoms with Gasteiger partial charge in [0.15, 0.2) is 0 Å². The van der Waals surface area contributed by atoms with Gasteiger partial charge in [-0.1, -0.05) is 18.2 Å². The molecule has 8 nitrogen and oxygen atoms in total. The number of para-hydroxylation sites is 2. The zero-order chi connectivity index (χ0) is 24.4. The number of urea groups is 1. The first kappa shape index (κ1) is 22.8. The van der Waals surface area contributed by atoms with E-state index in [0.29, 0.717) is 23.7 Å². The zero-order valence-electron chi connectivity index (χ0n) is 19.4. The molecule has 174 valence electrons. The van der Waals surface area contributed by atoms with Gasteiger partial charge >= 0.3 is 6.03 Å². The molecule has 0 aliphatic carbocycles. The molecule has 8 heteroatoms. The molecule has 0 spiro atoms. The summed E-state index contributed by atoms with van der Waals surface area (Å²) in [6.07, 6.45) is 1.51. The van der Waals surface area contributed by atoms with E-state index in [-0.39, 0.29) is 11.3 Å². The standard InChI is InChI=1S/C26H25N3O5/c1-5-34-23-12-7-6-11-22(23)29-25(31)21(24(30)27-26(29)32)14-18-13-16(2)28(17(18)3)19-9-8-10-20(15-19)33-4/h6-15H,5H2,1-4H3,(H,27,30,32)/b21-14-. The van der Waals surface area contributed by atoms with Crippen LogP contribution < -0.4 is 19.7 Å². The van der Waals surface area contributed by atoms with Gasteiger partial charge in [0, 0.05) is 23.1 Å². The highest BCUT2D eigenvalue weighted by molar-refractivity contribution is 6.39. The van der Waals surface area contributed by atoms with Gasteiger partial charge in [-0.2, -0.15) is 0 Å². The Bertz CT molecular complexity index is 1320. The first-order valence-electron chi connectivity index (χ1n) is 10.8. The predicted molar refractivity (Wildman–Crippen MR) is 128 cm³/mol. The largest absolute Gasteiger partial charge is 0.497 e. The Hall–Kier alpha value is -4.33. The fourth-order valence-corrected chi connectivity index (χ4v) is 4.03. The Morgan fingerprint density at radius 3 is 2.50 bits per heavy atom. The maximum atomic E-state index is 13.4. The minimum Gasteiger partial charge on any atom is -0.497 e. The number of hydrogen-bond acceptors (Lipinski definition) is 5. The van der Waals surface area contributed by atoms with Gasteiger partial charge in [-0.3, -0.25) is 14.9 Å². The molecule has 34 heavy (non-hydrogen) atoms. The number of aryl methyl sites for hydroxylation is 1. The summed E-state index contributed by atoms with van der Waals surface area (Å²) in [7, 11) is 1.61. The van der Waals surface area contributed by atoms with Crippen molar-refractivity contribution in [2.75, 3.05) is 18.6 Å². The molecule has 1 N–H and O–H groups in total. The second-order valence-corrected chi connectivity index (χ2v) is 7.72. The molecule has 1 aliphatic heterocycles. The maximum absolute atomic E-state index is 13.4. The maximum Gasteiger partial charge on any atom is 0.336 e. The van der Waals surface area contributed by atoms with E-state index in [2.05, 4.69) is 5.32 Å². The number of carbonyl (C=O) groups is 3. The van der Waals surface area contributed by atoms with Crippen LogP contribution in [0.4, 0.5) is 10.5 Å². The van der Waals surface area contributed by atoms with E-state index in [9.17, 15) is 14.4 Å². The second-order valence-electron chi connectivity index (χ2n) is 7.72. The normalized spacial score (nSPS) is 15.0. The van der Waals surface area contributed by atoms with Crippen molar-refractivity contribution < 1.29 is 23.9 Å². The number of methoxy groups -OCH3 is 1. The van der Waals surface area contributed by atoms with Gasteiger partial charge in [0.05, 0.1) is 19.4 Å². The van der Waals surface area contributed by atoms with E-state index in [1.165, 1.54) is 6.08 Å². The summed E-state index contributed by atoms with van der Waals surface area (Å²) in [6, 6.07) is 15.4. The van der Waals surface area contributed by atoms with Crippen molar-refractivity contribution in [2.45, 2.75) is 20.8 Å². The second kappa shape index (κ2) is 9.27. The summed E-state index contributed by atoms with van der Waals surface area (Å²) in [5.74, 6) is -0.370. The van der Waals surface area contributed by atoms with Crippen LogP contribution in [0, 0.1) is 13.8 Å². The summed E-state index contributed by atoms with van der Waals surface area (Å²) in [5, 5.41) is 2.27. The molecule has 2 heterocycles. The average molecular weight is 460 g/mol. The lowest BCUT2D eigenvalue weighted by Crippen LogP contribution is -2.54. The third-order valence-electron chi connectivity index (χ3n) is 5.59. The average Bonchev–Trinajstić information content (AvgIpc) is 3.10. The Balaban J connectivity index is 1.77. The molecular formula is C26H25N3O5. The lowest BCUT2D eigenvalue weighted by atomic mass is 10.1. The molecule has 2 aromatic carbocycles. The van der Waals surface area contributed by atoms with Crippen molar-refractivity contribution in [3.8, 4) is 17.2 Å². The van der Waals surface area contributed by atoms with Crippen LogP contribution in [0.1, 0.15) is 23.9 Å². The number of hydrogen-bond donors (Lipinski definition) is 1. The van der Waals surface area contributed by atoms with Crippen molar-refractivity contribution in [1.29, 1.82) is 0 Å². The fraction of sp³-hybridized carbons (Fsp3) is 0.192. The number of barbiturate groups is 1. The third kappa shape index (κ3) is 4.05. The summed E-state index contributed by atoms with van der Waals surface area (Å²) >= 11 is 0. The SMILES string of the molecule is CCOc1ccccc1N1C(=O)NC(=O)/C(=C/c2cc(C)n(-c3cccc(OC)c3)c2C)C1=O. The van der Waals surface area contributed by atoms with Crippen LogP contribution in [0.3, 0.4) is 0 Å². The van der Waals surface area contributed by atoms with Crippen LogP contribution in [0.2, 0.25) is 0 Å². The quantitative estimate of drug-likeness (QED) is 0.442. The Kier molecular flexibility index (Phi) is 6.23. The van der Waals surface area contributed by atoms with Gasteiger partial charge in [0.25, 0.3) is 11.8 Å². The highest BCUT2D eigenvalue weighted by Crippen LogP contribution is 2.32. The number of aromatic nitrogens is 1. The van der Waals surface area contributed by atoms with Gasteiger partial charge in [-0.05, 0) is 62.7 Å². The van der Waals surface area contributed by atoms with Gasteiger partial charge in [-0.25, -0.2) is 9.69 Å². The zero-order valence-corrected chi connectivity index (χ0v) is 19.4. The van der Waals surface area contributed by atoms with Crippen LogP contribution >= 0.6 is 0 Å². The minimum atomic E-state index is -0.818. The molecule has 1 saturated heterocycles. The molecule has 0 atom stereocenters. The van der Waals surface area contributed by atoms with Crippen molar-refractivity contribution >= 4 is 29.6 Å². The Labute approximate surface area is 197 Å². The molecule has 4 amide bonds. The number of benzene rings is 2. The van der Waals surface area contributed by atoms with Crippen LogP contribution in [0.5, 0.6) is 11.5 Å². The van der Waals surface area contributed by atoms with Gasteiger partial charge in [0.1, 0.15) is 17.1 Å². The van der Waals surface area contributed by atoms with E-state index in [1.807, 2.05) is 55.7 Å². The lowest BCUT2D eigenvalue weighted by Gasteiger charge is -2.27. The Morgan fingerprint density at radius 2 is 1.76 bits per heavy atom. The molecule has 1 fully saturated rings. The van der Waals surface area contributed by atoms with Crippen LogP contribution in [0.15, 0.2) is 60.2 Å². The van der Waals surface area contributed by atoms with Crippen LogP contribution in [-0.2, 0) is 9.59 Å². The number of carbonyl (C=O) groups excluding carboxylic acids is 3. The van der Waals surface area contributed by atoms with Crippen LogP contribution in [-0.4, -0.2) is 36.1 Å². The highest BCUT2D eigenvalue weighted by atomic mass is 16.5. The summed E-state index contributed by atoms with van der Waals surface area (Å²) in [4.78, 5) is 39.6. The first-order chi connectivity index (χ1) is 16.3. The summed E-state index contributed by atoms with van der Waals surface area (Å²) in [5.41, 5.74) is 3.45. The molecule has 3 aromatic rings. The molecule has 0 radical (unpaired) electrons. The highest BCUT2D eigenvalue weighted by Gasteiger charge is 2.38. The van der Waals surface area contributed by atoms with Crippen LogP contribution in [0.25, 0.3) is 11.8 Å². The molecule has 1 aliphatic rings. The van der Waals surface area contributed by atoms with Crippen molar-refractivity contribution in [3.05, 3.63) is 77.1 Å². The summed E-state index contributed by atoms with van der Waals surface area (Å²) < 4.78 is 12.9. The van der Waals surface area contributed by atoms with E-state index in [4.69, 9.17) is 9.47 Å².